The molecule has 0 bridgehead atoms. The highest BCUT2D eigenvalue weighted by molar-refractivity contribution is 5.96. The van der Waals surface area contributed by atoms with E-state index in [0.29, 0.717) is 49.2 Å². The standard InChI is InChI=1S/C38H46FN7O3/c1-25-23-46(24-26(2)41-25)18-5-6-27-9-11-28(12-10-27)29-7-4-8-33(20-29)49-38-34(21-30(39)22-40-38)36(47)42-31-13-15-32(16-14-31)43-37(48)35-17-19-45(3)44-35/h4,7-12,17,19-22,25-26,31-32,41H,5-6,13-16,18,23-24H2,1-3H3,(H,42,47)(H,43,48)/t25-,26?,31?,32?/m0/s1. The Kier molecular flexibility index (Phi) is 11.0. The normalized spacial score (nSPS) is 21.2. The van der Waals surface area contributed by atoms with Crippen LogP contribution in [0.4, 0.5) is 4.39 Å². The topological polar surface area (TPSA) is 113 Å². The van der Waals surface area contributed by atoms with Crippen LogP contribution in [0.5, 0.6) is 11.6 Å². The SMILES string of the molecule is CC1CN(CCCc2ccc(-c3cccc(Oc4ncc(F)cc4C(=O)NC4CCC(NC(=O)c5ccn(C)n5)CC4)c3)cc2)C[C@H](C)N1. The summed E-state index contributed by atoms with van der Waals surface area (Å²) in [4.78, 5) is 32.5. The lowest BCUT2D eigenvalue weighted by molar-refractivity contribution is 0.0887. The molecule has 10 nitrogen and oxygen atoms in total. The van der Waals surface area contributed by atoms with Gasteiger partial charge in [0.1, 0.15) is 22.8 Å². The van der Waals surface area contributed by atoms with Crippen molar-refractivity contribution < 1.29 is 18.7 Å². The van der Waals surface area contributed by atoms with E-state index in [-0.39, 0.29) is 29.4 Å². The summed E-state index contributed by atoms with van der Waals surface area (Å²) in [6.07, 6.45) is 7.69. The van der Waals surface area contributed by atoms with Gasteiger partial charge in [0.25, 0.3) is 11.8 Å². The Balaban J connectivity index is 1.03. The van der Waals surface area contributed by atoms with E-state index >= 15 is 0 Å². The Labute approximate surface area is 287 Å². The van der Waals surface area contributed by atoms with Gasteiger partial charge < -0.3 is 25.6 Å². The van der Waals surface area contributed by atoms with Crippen molar-refractivity contribution in [1.82, 2.24) is 35.6 Å². The Morgan fingerprint density at radius 3 is 2.29 bits per heavy atom. The first-order chi connectivity index (χ1) is 23.7. The molecular weight excluding hydrogens is 621 g/mol. The van der Waals surface area contributed by atoms with Crippen molar-refractivity contribution in [2.24, 2.45) is 7.05 Å². The number of carbonyl (C=O) groups excluding carboxylic acids is 2. The molecule has 3 heterocycles. The summed E-state index contributed by atoms with van der Waals surface area (Å²) in [6.45, 7) is 7.79. The summed E-state index contributed by atoms with van der Waals surface area (Å²) < 4.78 is 22.0. The molecule has 1 saturated heterocycles. The largest absolute Gasteiger partial charge is 0.438 e. The van der Waals surface area contributed by atoms with Gasteiger partial charge in [0.15, 0.2) is 0 Å². The molecule has 1 aliphatic heterocycles. The van der Waals surface area contributed by atoms with Crippen LogP contribution in [0.25, 0.3) is 11.1 Å². The summed E-state index contributed by atoms with van der Waals surface area (Å²) in [7, 11) is 1.77. The minimum Gasteiger partial charge on any atom is -0.438 e. The maximum absolute atomic E-state index is 14.3. The van der Waals surface area contributed by atoms with E-state index in [4.69, 9.17) is 4.74 Å². The van der Waals surface area contributed by atoms with E-state index in [1.807, 2.05) is 18.2 Å². The maximum Gasteiger partial charge on any atom is 0.271 e. The Morgan fingerprint density at radius 2 is 1.61 bits per heavy atom. The first-order valence-electron chi connectivity index (χ1n) is 17.3. The van der Waals surface area contributed by atoms with Gasteiger partial charge in [-0.3, -0.25) is 14.3 Å². The summed E-state index contributed by atoms with van der Waals surface area (Å²) in [5.74, 6) is -0.738. The Hall–Kier alpha value is -4.61. The lowest BCUT2D eigenvalue weighted by Gasteiger charge is -2.36. The molecule has 258 valence electrons. The van der Waals surface area contributed by atoms with E-state index < -0.39 is 11.7 Å². The Morgan fingerprint density at radius 1 is 0.918 bits per heavy atom. The molecule has 1 saturated carbocycles. The van der Waals surface area contributed by atoms with Gasteiger partial charge in [-0.1, -0.05) is 36.4 Å². The molecule has 0 radical (unpaired) electrons. The van der Waals surface area contributed by atoms with Crippen LogP contribution in [0.3, 0.4) is 0 Å². The van der Waals surface area contributed by atoms with Crippen LogP contribution in [0, 0.1) is 5.82 Å². The summed E-state index contributed by atoms with van der Waals surface area (Å²) in [5.41, 5.74) is 3.74. The highest BCUT2D eigenvalue weighted by Gasteiger charge is 2.26. The third kappa shape index (κ3) is 9.30. The quantitative estimate of drug-likeness (QED) is 0.194. The number of carbonyl (C=O) groups is 2. The van der Waals surface area contributed by atoms with Gasteiger partial charge in [-0.25, -0.2) is 9.37 Å². The molecule has 2 atom stereocenters. The van der Waals surface area contributed by atoms with Crippen LogP contribution in [-0.4, -0.2) is 75.3 Å². The minimum atomic E-state index is -0.621. The fraction of sp³-hybridized carbons (Fsp3) is 0.421. The average Bonchev–Trinajstić information content (AvgIpc) is 3.53. The van der Waals surface area contributed by atoms with E-state index in [2.05, 4.69) is 69.0 Å². The molecule has 4 aromatic rings. The number of rotatable bonds is 11. The smallest absolute Gasteiger partial charge is 0.271 e. The predicted molar refractivity (Wildman–Crippen MR) is 187 cm³/mol. The lowest BCUT2D eigenvalue weighted by atomic mass is 9.91. The molecule has 1 aliphatic carbocycles. The molecule has 0 spiro atoms. The third-order valence-electron chi connectivity index (χ3n) is 9.32. The van der Waals surface area contributed by atoms with E-state index in [1.54, 1.807) is 30.1 Å². The molecule has 2 fully saturated rings. The van der Waals surface area contributed by atoms with Gasteiger partial charge in [0.2, 0.25) is 5.88 Å². The molecule has 2 aromatic heterocycles. The van der Waals surface area contributed by atoms with Gasteiger partial charge in [-0.15, -0.1) is 0 Å². The van der Waals surface area contributed by atoms with Crippen LogP contribution in [0.2, 0.25) is 0 Å². The molecular formula is C38H46FN7O3. The zero-order valence-corrected chi connectivity index (χ0v) is 28.5. The van der Waals surface area contributed by atoms with Gasteiger partial charge in [-0.05, 0) is 99.9 Å². The van der Waals surface area contributed by atoms with Crippen LogP contribution in [0.15, 0.2) is 73.1 Å². The second-order valence-electron chi connectivity index (χ2n) is 13.5. The minimum absolute atomic E-state index is 0.00344. The van der Waals surface area contributed by atoms with Crippen molar-refractivity contribution >= 4 is 11.8 Å². The van der Waals surface area contributed by atoms with E-state index in [9.17, 15) is 14.0 Å². The van der Waals surface area contributed by atoms with E-state index in [1.165, 1.54) is 5.56 Å². The number of nitrogens with zero attached hydrogens (tertiary/aromatic N) is 4. The first kappa shape index (κ1) is 34.3. The number of amides is 2. The fourth-order valence-electron chi connectivity index (χ4n) is 6.96. The zero-order valence-electron chi connectivity index (χ0n) is 28.5. The molecule has 6 rings (SSSR count). The molecule has 2 aromatic carbocycles. The predicted octanol–water partition coefficient (Wildman–Crippen LogP) is 5.50. The number of aromatic nitrogens is 3. The van der Waals surface area contributed by atoms with Gasteiger partial charge in [-0.2, -0.15) is 5.10 Å². The molecule has 2 amide bonds. The number of pyridine rings is 1. The number of nitrogens with one attached hydrogen (secondary N) is 3. The van der Waals surface area contributed by atoms with Crippen molar-refractivity contribution in [2.75, 3.05) is 19.6 Å². The molecule has 11 heteroatoms. The van der Waals surface area contributed by atoms with Crippen LogP contribution in [0.1, 0.15) is 72.4 Å². The van der Waals surface area contributed by atoms with Crippen LogP contribution < -0.4 is 20.7 Å². The van der Waals surface area contributed by atoms with Crippen molar-refractivity contribution in [2.45, 2.75) is 76.5 Å². The highest BCUT2D eigenvalue weighted by atomic mass is 19.1. The van der Waals surface area contributed by atoms with Crippen LogP contribution >= 0.6 is 0 Å². The second-order valence-corrected chi connectivity index (χ2v) is 13.5. The number of hydrogen-bond donors (Lipinski definition) is 3. The molecule has 3 N–H and O–H groups in total. The Bertz CT molecular complexity index is 1730. The number of halogens is 1. The summed E-state index contributed by atoms with van der Waals surface area (Å²) in [6, 6.07) is 20.0. The van der Waals surface area contributed by atoms with Gasteiger partial charge >= 0.3 is 0 Å². The second kappa shape index (κ2) is 15.7. The summed E-state index contributed by atoms with van der Waals surface area (Å²) >= 11 is 0. The van der Waals surface area contributed by atoms with Crippen molar-refractivity contribution in [1.29, 1.82) is 0 Å². The summed E-state index contributed by atoms with van der Waals surface area (Å²) in [5, 5.41) is 13.8. The average molecular weight is 668 g/mol. The van der Waals surface area contributed by atoms with Crippen LogP contribution in [-0.2, 0) is 13.5 Å². The van der Waals surface area contributed by atoms with Crippen molar-refractivity contribution in [3.63, 3.8) is 0 Å². The number of ether oxygens (including phenoxy) is 1. The number of aryl methyl sites for hydroxylation is 2. The number of benzene rings is 2. The number of hydrogen-bond acceptors (Lipinski definition) is 7. The highest BCUT2D eigenvalue weighted by Crippen LogP contribution is 2.29. The maximum atomic E-state index is 14.3. The first-order valence-corrected chi connectivity index (χ1v) is 17.3. The fourth-order valence-corrected chi connectivity index (χ4v) is 6.96. The third-order valence-corrected chi connectivity index (χ3v) is 9.32. The van der Waals surface area contributed by atoms with E-state index in [0.717, 1.165) is 55.9 Å². The molecule has 1 unspecified atom stereocenters. The van der Waals surface area contributed by atoms with Gasteiger partial charge in [0.05, 0.1) is 6.20 Å². The number of piperazine rings is 1. The van der Waals surface area contributed by atoms with Gasteiger partial charge in [0, 0.05) is 50.5 Å². The lowest BCUT2D eigenvalue weighted by Crippen LogP contribution is -2.54. The zero-order chi connectivity index (χ0) is 34.3. The van der Waals surface area contributed by atoms with Crippen molar-refractivity contribution in [3.8, 4) is 22.8 Å². The molecule has 49 heavy (non-hydrogen) atoms. The van der Waals surface area contributed by atoms with Crippen molar-refractivity contribution in [3.05, 3.63) is 95.7 Å². The monoisotopic (exact) mass is 667 g/mol. The molecule has 2 aliphatic rings.